The molecule has 0 unspecified atom stereocenters. The Morgan fingerprint density at radius 3 is 2.22 bits per heavy atom. The molecule has 1 N–H and O–H groups in total. The molecule has 37 heavy (non-hydrogen) atoms. The molecule has 0 saturated heterocycles. The number of rotatable bonds is 11. The number of nitrogens with zero attached hydrogens (tertiary/aromatic N) is 2. The van der Waals surface area contributed by atoms with Gasteiger partial charge in [-0.15, -0.1) is 0 Å². The Morgan fingerprint density at radius 2 is 1.59 bits per heavy atom. The van der Waals surface area contributed by atoms with Gasteiger partial charge in [0.1, 0.15) is 6.04 Å². The lowest BCUT2D eigenvalue weighted by Crippen LogP contribution is -2.53. The number of benzene rings is 3. The van der Waals surface area contributed by atoms with E-state index in [1.165, 1.54) is 36.2 Å². The van der Waals surface area contributed by atoms with Crippen LogP contribution < -0.4 is 5.32 Å². The van der Waals surface area contributed by atoms with Crippen molar-refractivity contribution in [3.63, 3.8) is 0 Å². The van der Waals surface area contributed by atoms with Crippen LogP contribution in [0.4, 0.5) is 0 Å². The van der Waals surface area contributed by atoms with Crippen molar-refractivity contribution in [3.05, 3.63) is 101 Å². The van der Waals surface area contributed by atoms with E-state index in [0.29, 0.717) is 11.6 Å². The topological polar surface area (TPSA) is 86.8 Å². The molecule has 0 aliphatic carbocycles. The molecule has 2 amide bonds. The van der Waals surface area contributed by atoms with Gasteiger partial charge in [0, 0.05) is 31.6 Å². The van der Waals surface area contributed by atoms with Crippen LogP contribution in [-0.4, -0.2) is 55.6 Å². The fourth-order valence-electron chi connectivity index (χ4n) is 4.01. The zero-order valence-electron chi connectivity index (χ0n) is 21.2. The maximum Gasteiger partial charge on any atom is 0.243 e. The number of hydrogen-bond acceptors (Lipinski definition) is 4. The number of amides is 2. The highest BCUT2D eigenvalue weighted by molar-refractivity contribution is 7.89. The van der Waals surface area contributed by atoms with Gasteiger partial charge < -0.3 is 10.2 Å². The first-order chi connectivity index (χ1) is 17.6. The van der Waals surface area contributed by atoms with Crippen molar-refractivity contribution >= 4 is 33.4 Å². The Kier molecular flexibility index (Phi) is 9.86. The molecule has 7 nitrogen and oxygen atoms in total. The van der Waals surface area contributed by atoms with Crippen LogP contribution in [0.25, 0.3) is 0 Å². The molecule has 0 aliphatic rings. The minimum atomic E-state index is -3.95. The van der Waals surface area contributed by atoms with Crippen LogP contribution in [0.5, 0.6) is 0 Å². The van der Waals surface area contributed by atoms with Crippen molar-refractivity contribution in [1.29, 1.82) is 0 Å². The molecular weight excluding hydrogens is 510 g/mol. The Labute approximate surface area is 224 Å². The SMILES string of the molecule is CCNC(=O)[C@H](Cc1ccccc1)N(Cc1cccc(C)c1)C(=O)CN(C)S(=O)(=O)c1ccc(Cl)cc1. The lowest BCUT2D eigenvalue weighted by atomic mass is 10.0. The van der Waals surface area contributed by atoms with Gasteiger partial charge >= 0.3 is 0 Å². The number of aryl methyl sites for hydroxylation is 1. The highest BCUT2D eigenvalue weighted by Gasteiger charge is 2.32. The summed E-state index contributed by atoms with van der Waals surface area (Å²) in [5.41, 5.74) is 2.76. The lowest BCUT2D eigenvalue weighted by Gasteiger charge is -2.32. The highest BCUT2D eigenvalue weighted by Crippen LogP contribution is 2.20. The lowest BCUT2D eigenvalue weighted by molar-refractivity contribution is -0.141. The number of likely N-dealkylation sites (N-methyl/N-ethyl adjacent to an activating group) is 2. The predicted molar refractivity (Wildman–Crippen MR) is 146 cm³/mol. The largest absolute Gasteiger partial charge is 0.355 e. The van der Waals surface area contributed by atoms with E-state index in [-0.39, 0.29) is 23.8 Å². The molecule has 0 aliphatic heterocycles. The Hall–Kier alpha value is -3.20. The van der Waals surface area contributed by atoms with Crippen molar-refractivity contribution < 1.29 is 18.0 Å². The van der Waals surface area contributed by atoms with Crippen LogP contribution in [0.2, 0.25) is 5.02 Å². The quantitative estimate of drug-likeness (QED) is 0.397. The highest BCUT2D eigenvalue weighted by atomic mass is 35.5. The van der Waals surface area contributed by atoms with Gasteiger partial charge in [-0.05, 0) is 49.2 Å². The van der Waals surface area contributed by atoms with Crippen molar-refractivity contribution in [2.75, 3.05) is 20.1 Å². The minimum absolute atomic E-state index is 0.0296. The van der Waals surface area contributed by atoms with Gasteiger partial charge in [-0.3, -0.25) is 9.59 Å². The number of sulfonamides is 1. The summed E-state index contributed by atoms with van der Waals surface area (Å²) in [7, 11) is -2.60. The van der Waals surface area contributed by atoms with Gasteiger partial charge in [0.25, 0.3) is 0 Å². The smallest absolute Gasteiger partial charge is 0.243 e. The van der Waals surface area contributed by atoms with E-state index in [0.717, 1.165) is 21.0 Å². The predicted octanol–water partition coefficient (Wildman–Crippen LogP) is 4.05. The molecule has 0 bridgehead atoms. The second-order valence-electron chi connectivity index (χ2n) is 8.83. The molecule has 0 fully saturated rings. The summed E-state index contributed by atoms with van der Waals surface area (Å²) in [6, 6.07) is 22.1. The van der Waals surface area contributed by atoms with Gasteiger partial charge in [-0.25, -0.2) is 8.42 Å². The van der Waals surface area contributed by atoms with Crippen molar-refractivity contribution in [2.45, 2.75) is 37.8 Å². The number of carbonyl (C=O) groups excluding carboxylic acids is 2. The summed E-state index contributed by atoms with van der Waals surface area (Å²) in [6.07, 6.45) is 0.290. The van der Waals surface area contributed by atoms with E-state index in [1.807, 2.05) is 68.4 Å². The number of hydrogen-bond donors (Lipinski definition) is 1. The molecule has 3 rings (SSSR count). The first-order valence-corrected chi connectivity index (χ1v) is 13.8. The first kappa shape index (κ1) is 28.4. The average molecular weight is 542 g/mol. The van der Waals surface area contributed by atoms with E-state index in [9.17, 15) is 18.0 Å². The second-order valence-corrected chi connectivity index (χ2v) is 11.3. The van der Waals surface area contributed by atoms with Gasteiger partial charge in [0.15, 0.2) is 0 Å². The maximum absolute atomic E-state index is 13.7. The Balaban J connectivity index is 1.95. The van der Waals surface area contributed by atoms with E-state index in [4.69, 9.17) is 11.6 Å². The first-order valence-electron chi connectivity index (χ1n) is 12.0. The molecule has 0 radical (unpaired) electrons. The van der Waals surface area contributed by atoms with Crippen LogP contribution in [0, 0.1) is 6.92 Å². The Bertz CT molecular complexity index is 1310. The van der Waals surface area contributed by atoms with Crippen LogP contribution >= 0.6 is 11.6 Å². The number of halogens is 1. The van der Waals surface area contributed by atoms with Crippen molar-refractivity contribution in [3.8, 4) is 0 Å². The molecular formula is C28H32ClN3O4S. The summed E-state index contributed by atoms with van der Waals surface area (Å²) in [5, 5.41) is 3.25. The molecule has 3 aromatic rings. The van der Waals surface area contributed by atoms with Gasteiger partial charge in [0.05, 0.1) is 11.4 Å². The summed E-state index contributed by atoms with van der Waals surface area (Å²) in [5.74, 6) is -0.774. The van der Waals surface area contributed by atoms with Crippen molar-refractivity contribution in [2.24, 2.45) is 0 Å². The molecule has 3 aromatic carbocycles. The summed E-state index contributed by atoms with van der Waals surface area (Å²) >= 11 is 5.90. The molecule has 196 valence electrons. The summed E-state index contributed by atoms with van der Waals surface area (Å²) in [6.45, 7) is 3.90. The van der Waals surface area contributed by atoms with Crippen LogP contribution in [0.1, 0.15) is 23.6 Å². The third-order valence-corrected chi connectivity index (χ3v) is 8.01. The third-order valence-electron chi connectivity index (χ3n) is 5.94. The standard InChI is InChI=1S/C28H32ClN3O4S/c1-4-30-28(34)26(18-22-10-6-5-7-11-22)32(19-23-12-8-9-21(2)17-23)27(33)20-31(3)37(35,36)25-15-13-24(29)14-16-25/h5-17,26H,4,18-20H2,1-3H3,(H,30,34)/t26-/m0/s1. The summed E-state index contributed by atoms with van der Waals surface area (Å²) in [4.78, 5) is 28.5. The van der Waals surface area contributed by atoms with Crippen LogP contribution in [-0.2, 0) is 32.6 Å². The molecule has 0 aromatic heterocycles. The maximum atomic E-state index is 13.7. The van der Waals surface area contributed by atoms with Gasteiger partial charge in [-0.1, -0.05) is 71.8 Å². The average Bonchev–Trinajstić information content (AvgIpc) is 2.87. The molecule has 0 saturated carbocycles. The molecule has 9 heteroatoms. The van der Waals surface area contributed by atoms with E-state index >= 15 is 0 Å². The summed E-state index contributed by atoms with van der Waals surface area (Å²) < 4.78 is 27.3. The second kappa shape index (κ2) is 12.9. The molecule has 1 atom stereocenters. The zero-order chi connectivity index (χ0) is 27.0. The molecule has 0 heterocycles. The van der Waals surface area contributed by atoms with E-state index < -0.39 is 28.5 Å². The third kappa shape index (κ3) is 7.64. The van der Waals surface area contributed by atoms with Gasteiger partial charge in [-0.2, -0.15) is 4.31 Å². The number of nitrogens with one attached hydrogen (secondary N) is 1. The Morgan fingerprint density at radius 1 is 0.946 bits per heavy atom. The minimum Gasteiger partial charge on any atom is -0.355 e. The van der Waals surface area contributed by atoms with Crippen LogP contribution in [0.15, 0.2) is 83.8 Å². The van der Waals surface area contributed by atoms with Gasteiger partial charge in [0.2, 0.25) is 21.8 Å². The number of carbonyl (C=O) groups is 2. The van der Waals surface area contributed by atoms with E-state index in [2.05, 4.69) is 5.32 Å². The fourth-order valence-corrected chi connectivity index (χ4v) is 5.25. The zero-order valence-corrected chi connectivity index (χ0v) is 22.8. The monoisotopic (exact) mass is 541 g/mol. The molecule has 0 spiro atoms. The van der Waals surface area contributed by atoms with Crippen molar-refractivity contribution in [1.82, 2.24) is 14.5 Å². The normalized spacial score (nSPS) is 12.2. The van der Waals surface area contributed by atoms with E-state index in [1.54, 1.807) is 0 Å². The fraction of sp³-hybridized carbons (Fsp3) is 0.286. The van der Waals surface area contributed by atoms with Crippen LogP contribution in [0.3, 0.4) is 0 Å².